The first-order chi connectivity index (χ1) is 8.76. The summed E-state index contributed by atoms with van der Waals surface area (Å²) in [6, 6.07) is 14.4. The Hall–Kier alpha value is -2.23. The molecule has 0 fully saturated rings. The Balaban J connectivity index is 2.45. The molecule has 94 valence electrons. The predicted molar refractivity (Wildman–Crippen MR) is 75.2 cm³/mol. The number of rotatable bonds is 4. The zero-order chi connectivity index (χ0) is 13.0. The summed E-state index contributed by atoms with van der Waals surface area (Å²) in [4.78, 5) is 2.08. The predicted octanol–water partition coefficient (Wildman–Crippen LogP) is 2.41. The number of anilines is 1. The van der Waals surface area contributed by atoms with E-state index in [4.69, 9.17) is 10.9 Å². The topological polar surface area (TPSA) is 61.8 Å². The molecule has 0 amide bonds. The van der Waals surface area contributed by atoms with E-state index in [2.05, 4.69) is 34.3 Å². The van der Waals surface area contributed by atoms with Crippen molar-refractivity contribution in [2.75, 3.05) is 18.0 Å². The minimum absolute atomic E-state index is 0.213. The van der Waals surface area contributed by atoms with Gasteiger partial charge >= 0.3 is 0 Å². The van der Waals surface area contributed by atoms with Gasteiger partial charge < -0.3 is 15.8 Å². The number of amidine groups is 1. The Kier molecular flexibility index (Phi) is 3.67. The van der Waals surface area contributed by atoms with Gasteiger partial charge in [-0.05, 0) is 18.4 Å². The van der Waals surface area contributed by atoms with Crippen LogP contribution in [0, 0.1) is 0 Å². The van der Waals surface area contributed by atoms with Crippen LogP contribution in [0.15, 0.2) is 47.6 Å². The van der Waals surface area contributed by atoms with Crippen LogP contribution < -0.4 is 10.6 Å². The van der Waals surface area contributed by atoms with Crippen LogP contribution in [0.2, 0.25) is 0 Å². The number of hydrogen-bond acceptors (Lipinski definition) is 3. The fraction of sp³-hybridized carbons (Fsp3) is 0.214. The average Bonchev–Trinajstić information content (AvgIpc) is 2.44. The second kappa shape index (κ2) is 5.40. The summed E-state index contributed by atoms with van der Waals surface area (Å²) in [7, 11) is 0. The standard InChI is InChI=1S/C14H17N3O/c1-2-17(10-14(15)16-18)13-9-5-7-11-6-3-4-8-12(11)13/h3-9,18H,2,10H2,1H3,(H2,15,16). The van der Waals surface area contributed by atoms with Gasteiger partial charge in [-0.1, -0.05) is 41.6 Å². The highest BCUT2D eigenvalue weighted by molar-refractivity contribution is 5.96. The fourth-order valence-electron chi connectivity index (χ4n) is 2.08. The summed E-state index contributed by atoms with van der Waals surface area (Å²) in [6.07, 6.45) is 0. The van der Waals surface area contributed by atoms with E-state index in [0.717, 1.165) is 12.2 Å². The quantitative estimate of drug-likeness (QED) is 0.375. The Morgan fingerprint density at radius 1 is 1.22 bits per heavy atom. The van der Waals surface area contributed by atoms with Gasteiger partial charge in [-0.25, -0.2) is 0 Å². The summed E-state index contributed by atoms with van der Waals surface area (Å²) in [5.41, 5.74) is 6.69. The van der Waals surface area contributed by atoms with Crippen LogP contribution in [0.4, 0.5) is 5.69 Å². The molecule has 0 saturated heterocycles. The molecule has 3 N–H and O–H groups in total. The Morgan fingerprint density at radius 2 is 1.94 bits per heavy atom. The monoisotopic (exact) mass is 243 g/mol. The highest BCUT2D eigenvalue weighted by Gasteiger charge is 2.09. The zero-order valence-electron chi connectivity index (χ0n) is 10.4. The van der Waals surface area contributed by atoms with E-state index in [1.54, 1.807) is 0 Å². The van der Waals surface area contributed by atoms with Crippen molar-refractivity contribution in [2.45, 2.75) is 6.92 Å². The first-order valence-corrected chi connectivity index (χ1v) is 5.95. The van der Waals surface area contributed by atoms with Crippen LogP contribution in [0.5, 0.6) is 0 Å². The van der Waals surface area contributed by atoms with Crippen LogP contribution in [0.25, 0.3) is 10.8 Å². The molecular weight excluding hydrogens is 226 g/mol. The molecule has 0 unspecified atom stereocenters. The van der Waals surface area contributed by atoms with Crippen LogP contribution >= 0.6 is 0 Å². The maximum absolute atomic E-state index is 8.68. The second-order valence-corrected chi connectivity index (χ2v) is 4.10. The molecule has 0 spiro atoms. The number of nitrogens with two attached hydrogens (primary N) is 1. The lowest BCUT2D eigenvalue weighted by atomic mass is 10.1. The van der Waals surface area contributed by atoms with Gasteiger partial charge in [-0.2, -0.15) is 0 Å². The van der Waals surface area contributed by atoms with Crippen molar-refractivity contribution >= 4 is 22.3 Å². The number of nitrogens with zero attached hydrogens (tertiary/aromatic N) is 2. The van der Waals surface area contributed by atoms with Crippen LogP contribution in [0.3, 0.4) is 0 Å². The summed E-state index contributed by atoms with van der Waals surface area (Å²) in [5, 5.41) is 14.1. The van der Waals surface area contributed by atoms with Crippen molar-refractivity contribution in [1.29, 1.82) is 0 Å². The molecule has 0 saturated carbocycles. The highest BCUT2D eigenvalue weighted by Crippen LogP contribution is 2.26. The first-order valence-electron chi connectivity index (χ1n) is 5.95. The summed E-state index contributed by atoms with van der Waals surface area (Å²) in [6.45, 7) is 3.26. The SMILES string of the molecule is CCN(C/C(N)=N/O)c1cccc2ccccc12. The molecule has 0 bridgehead atoms. The van der Waals surface area contributed by atoms with Crippen molar-refractivity contribution in [3.8, 4) is 0 Å². The number of fused-ring (bicyclic) bond motifs is 1. The zero-order valence-corrected chi connectivity index (χ0v) is 10.4. The lowest BCUT2D eigenvalue weighted by Crippen LogP contribution is -2.33. The molecule has 0 radical (unpaired) electrons. The van der Waals surface area contributed by atoms with Gasteiger partial charge in [0.25, 0.3) is 0 Å². The molecule has 0 atom stereocenters. The Bertz CT molecular complexity index is 560. The lowest BCUT2D eigenvalue weighted by molar-refractivity contribution is 0.317. The summed E-state index contributed by atoms with van der Waals surface area (Å²) < 4.78 is 0. The minimum atomic E-state index is 0.213. The molecule has 4 heteroatoms. The maximum atomic E-state index is 8.68. The van der Waals surface area contributed by atoms with Gasteiger partial charge in [0.05, 0.1) is 6.54 Å². The van der Waals surface area contributed by atoms with Crippen LogP contribution in [-0.2, 0) is 0 Å². The first kappa shape index (κ1) is 12.2. The third-order valence-corrected chi connectivity index (χ3v) is 2.97. The molecule has 0 aliphatic heterocycles. The highest BCUT2D eigenvalue weighted by atomic mass is 16.4. The van der Waals surface area contributed by atoms with Crippen molar-refractivity contribution in [3.63, 3.8) is 0 Å². The Morgan fingerprint density at radius 3 is 2.67 bits per heavy atom. The minimum Gasteiger partial charge on any atom is -0.409 e. The molecular formula is C14H17N3O. The number of likely N-dealkylation sites (N-methyl/N-ethyl adjacent to an activating group) is 1. The third kappa shape index (κ3) is 2.37. The van der Waals surface area contributed by atoms with Gasteiger partial charge in [0.2, 0.25) is 0 Å². The lowest BCUT2D eigenvalue weighted by Gasteiger charge is -2.23. The Labute approximate surface area is 106 Å². The largest absolute Gasteiger partial charge is 0.409 e. The van der Waals surface area contributed by atoms with E-state index >= 15 is 0 Å². The van der Waals surface area contributed by atoms with Crippen molar-refractivity contribution < 1.29 is 5.21 Å². The maximum Gasteiger partial charge on any atom is 0.158 e. The molecule has 0 aliphatic carbocycles. The van der Waals surface area contributed by atoms with E-state index in [-0.39, 0.29) is 5.84 Å². The number of oxime groups is 1. The van der Waals surface area contributed by atoms with Gasteiger partial charge in [-0.3, -0.25) is 0 Å². The number of hydrogen-bond donors (Lipinski definition) is 2. The van der Waals surface area contributed by atoms with E-state index in [1.807, 2.05) is 25.1 Å². The second-order valence-electron chi connectivity index (χ2n) is 4.10. The molecule has 0 aliphatic rings. The number of benzene rings is 2. The van der Waals surface area contributed by atoms with Crippen molar-refractivity contribution in [3.05, 3.63) is 42.5 Å². The summed E-state index contributed by atoms with van der Waals surface area (Å²) >= 11 is 0. The van der Waals surface area contributed by atoms with Crippen LogP contribution in [-0.4, -0.2) is 24.1 Å². The van der Waals surface area contributed by atoms with Crippen molar-refractivity contribution in [1.82, 2.24) is 0 Å². The molecule has 4 nitrogen and oxygen atoms in total. The van der Waals surface area contributed by atoms with Gasteiger partial charge in [-0.15, -0.1) is 0 Å². The normalized spacial score (nSPS) is 11.7. The van der Waals surface area contributed by atoms with Gasteiger partial charge in [0.15, 0.2) is 5.84 Å². The van der Waals surface area contributed by atoms with Gasteiger partial charge in [0.1, 0.15) is 0 Å². The van der Waals surface area contributed by atoms with E-state index < -0.39 is 0 Å². The van der Waals surface area contributed by atoms with Gasteiger partial charge in [0, 0.05) is 17.6 Å². The molecule has 0 aromatic heterocycles. The molecule has 18 heavy (non-hydrogen) atoms. The smallest absolute Gasteiger partial charge is 0.158 e. The van der Waals surface area contributed by atoms with E-state index in [1.165, 1.54) is 10.8 Å². The third-order valence-electron chi connectivity index (χ3n) is 2.97. The summed E-state index contributed by atoms with van der Waals surface area (Å²) in [5.74, 6) is 0.213. The molecule has 0 heterocycles. The van der Waals surface area contributed by atoms with E-state index in [9.17, 15) is 0 Å². The molecule has 2 aromatic rings. The van der Waals surface area contributed by atoms with E-state index in [0.29, 0.717) is 6.54 Å². The molecule has 2 aromatic carbocycles. The average molecular weight is 243 g/mol. The van der Waals surface area contributed by atoms with Crippen molar-refractivity contribution in [2.24, 2.45) is 10.9 Å². The fourth-order valence-corrected chi connectivity index (χ4v) is 2.08. The molecule has 2 rings (SSSR count). The van der Waals surface area contributed by atoms with Crippen LogP contribution in [0.1, 0.15) is 6.92 Å².